The highest BCUT2D eigenvalue weighted by molar-refractivity contribution is 5.18. The molecule has 0 bridgehead atoms. The van der Waals surface area contributed by atoms with Crippen LogP contribution in [0.4, 0.5) is 0 Å². The van der Waals surface area contributed by atoms with Crippen molar-refractivity contribution in [1.82, 2.24) is 15.3 Å². The Morgan fingerprint density at radius 1 is 1.05 bits per heavy atom. The number of hydrogen-bond donors (Lipinski definition) is 4. The van der Waals surface area contributed by atoms with Crippen molar-refractivity contribution < 1.29 is 10.2 Å². The minimum Gasteiger partial charge on any atom is -0.393 e. The van der Waals surface area contributed by atoms with Crippen LogP contribution in [-0.4, -0.2) is 44.5 Å². The molecule has 4 saturated carbocycles. The summed E-state index contributed by atoms with van der Waals surface area (Å²) in [6.45, 7) is 15.6. The monoisotopic (exact) mass is 527 g/mol. The van der Waals surface area contributed by atoms with Crippen LogP contribution in [0.5, 0.6) is 0 Å². The molecule has 216 valence electrons. The van der Waals surface area contributed by atoms with E-state index in [0.717, 1.165) is 67.5 Å². The van der Waals surface area contributed by atoms with E-state index in [1.165, 1.54) is 38.5 Å². The van der Waals surface area contributed by atoms with Gasteiger partial charge in [-0.1, -0.05) is 54.4 Å². The van der Waals surface area contributed by atoms with Gasteiger partial charge in [-0.15, -0.1) is 0 Å². The molecule has 0 aliphatic heterocycles. The molecule has 5 heteroatoms. The van der Waals surface area contributed by atoms with Crippen molar-refractivity contribution in [1.29, 1.82) is 0 Å². The molecule has 11 atom stereocenters. The Bertz CT molecular complexity index is 919. The van der Waals surface area contributed by atoms with Crippen molar-refractivity contribution in [3.63, 3.8) is 0 Å². The number of aromatic nitrogens is 2. The fourth-order valence-corrected chi connectivity index (χ4v) is 10.4. The Balaban J connectivity index is 1.35. The van der Waals surface area contributed by atoms with Gasteiger partial charge in [0.2, 0.25) is 0 Å². The van der Waals surface area contributed by atoms with Gasteiger partial charge in [0.15, 0.2) is 0 Å². The maximum atomic E-state index is 12.4. The molecule has 0 amide bonds. The number of H-pyrrole nitrogens is 1. The first-order valence-electron chi connectivity index (χ1n) is 16.1. The second kappa shape index (κ2) is 10.8. The maximum Gasteiger partial charge on any atom is 0.0921 e. The van der Waals surface area contributed by atoms with Crippen LogP contribution in [0.1, 0.15) is 111 Å². The molecule has 5 rings (SSSR count). The Kier molecular flexibility index (Phi) is 8.15. The van der Waals surface area contributed by atoms with Crippen LogP contribution < -0.4 is 5.32 Å². The number of aliphatic hydroxyl groups is 2. The topological polar surface area (TPSA) is 81.2 Å². The molecule has 4 fully saturated rings. The average molecular weight is 528 g/mol. The summed E-state index contributed by atoms with van der Waals surface area (Å²) >= 11 is 0. The zero-order valence-corrected chi connectivity index (χ0v) is 25.2. The summed E-state index contributed by atoms with van der Waals surface area (Å²) in [6.07, 6.45) is 15.5. The van der Waals surface area contributed by atoms with Crippen molar-refractivity contribution >= 4 is 0 Å². The smallest absolute Gasteiger partial charge is 0.0921 e. The van der Waals surface area contributed by atoms with Crippen LogP contribution in [0.2, 0.25) is 0 Å². The molecule has 1 heterocycles. The molecule has 0 radical (unpaired) electrons. The van der Waals surface area contributed by atoms with E-state index in [4.69, 9.17) is 0 Å². The number of nitrogens with one attached hydrogen (secondary N) is 2. The molecule has 5 nitrogen and oxygen atoms in total. The van der Waals surface area contributed by atoms with Crippen molar-refractivity contribution in [2.24, 2.45) is 52.3 Å². The van der Waals surface area contributed by atoms with Crippen molar-refractivity contribution in [3.8, 4) is 0 Å². The number of aliphatic hydroxyl groups excluding tert-OH is 1. The molecule has 0 saturated heterocycles. The van der Waals surface area contributed by atoms with Gasteiger partial charge >= 0.3 is 0 Å². The van der Waals surface area contributed by atoms with Gasteiger partial charge in [-0.25, -0.2) is 4.98 Å². The summed E-state index contributed by atoms with van der Waals surface area (Å²) in [4.78, 5) is 7.39. The maximum absolute atomic E-state index is 12.4. The largest absolute Gasteiger partial charge is 0.393 e. The molecule has 0 spiro atoms. The normalized spacial score (nSPS) is 44.3. The number of hydrogen-bond acceptors (Lipinski definition) is 4. The Morgan fingerprint density at radius 3 is 2.55 bits per heavy atom. The minimum atomic E-state index is -0.841. The van der Waals surface area contributed by atoms with Crippen molar-refractivity contribution in [3.05, 3.63) is 18.2 Å². The van der Waals surface area contributed by atoms with E-state index in [1.54, 1.807) is 6.33 Å². The highest BCUT2D eigenvalue weighted by atomic mass is 16.3. The Hall–Kier alpha value is -0.910. The lowest BCUT2D eigenvalue weighted by Crippen LogP contribution is -2.71. The summed E-state index contributed by atoms with van der Waals surface area (Å²) in [6, 6.07) is 0.0392. The molecule has 38 heavy (non-hydrogen) atoms. The number of nitrogens with zero attached hydrogens (tertiary/aromatic N) is 1. The van der Waals surface area contributed by atoms with Crippen molar-refractivity contribution in [2.75, 3.05) is 6.54 Å². The molecular weight excluding hydrogens is 470 g/mol. The van der Waals surface area contributed by atoms with Gasteiger partial charge in [-0.2, -0.15) is 0 Å². The van der Waals surface area contributed by atoms with Crippen LogP contribution in [0, 0.1) is 52.3 Å². The lowest BCUT2D eigenvalue weighted by molar-refractivity contribution is -0.234. The first kappa shape index (κ1) is 28.6. The lowest BCUT2D eigenvalue weighted by Gasteiger charge is -2.66. The van der Waals surface area contributed by atoms with E-state index in [1.807, 2.05) is 6.20 Å². The van der Waals surface area contributed by atoms with Gasteiger partial charge in [0, 0.05) is 42.7 Å². The Labute approximate surface area is 232 Å². The Morgan fingerprint density at radius 2 is 1.84 bits per heavy atom. The first-order valence-corrected chi connectivity index (χ1v) is 16.1. The second-order valence-corrected chi connectivity index (χ2v) is 15.2. The van der Waals surface area contributed by atoms with Crippen LogP contribution in [-0.2, 0) is 6.42 Å². The van der Waals surface area contributed by atoms with E-state index in [2.05, 4.69) is 56.8 Å². The van der Waals surface area contributed by atoms with Gasteiger partial charge in [0.05, 0.1) is 18.0 Å². The standard InChI is InChI=1S/C33H57N3O2/c1-21(2)22(3)7-8-23(4)27-9-10-28-26-17-30(35-16-13-24-19-34-20-36-24)33(38)18-25(37)11-15-32(33,6)29(26)12-14-31(27,28)5/h19-23,25-30,35,37-38H,7-18H2,1-6H3,(H,34,36)/t22-,23-,25+,26+,27-,28+,29+,30-,31-,32-,33+/m1/s1. The first-order chi connectivity index (χ1) is 18.0. The summed E-state index contributed by atoms with van der Waals surface area (Å²) < 4.78 is 0. The third-order valence-electron chi connectivity index (χ3n) is 13.2. The summed E-state index contributed by atoms with van der Waals surface area (Å²) in [7, 11) is 0. The van der Waals surface area contributed by atoms with Gasteiger partial charge < -0.3 is 20.5 Å². The lowest BCUT2D eigenvalue weighted by atomic mass is 9.42. The van der Waals surface area contributed by atoms with Gasteiger partial charge in [0.25, 0.3) is 0 Å². The molecule has 4 aliphatic rings. The van der Waals surface area contributed by atoms with E-state index in [9.17, 15) is 10.2 Å². The fraction of sp³-hybridized carbons (Fsp3) is 0.909. The zero-order chi connectivity index (χ0) is 27.3. The molecule has 4 N–H and O–H groups in total. The molecular formula is C33H57N3O2. The molecule has 0 aromatic carbocycles. The predicted octanol–water partition coefficient (Wildman–Crippen LogP) is 6.36. The predicted molar refractivity (Wildman–Crippen MR) is 155 cm³/mol. The molecule has 0 unspecified atom stereocenters. The summed E-state index contributed by atoms with van der Waals surface area (Å²) in [5, 5.41) is 27.0. The van der Waals surface area contributed by atoms with E-state index in [-0.39, 0.29) is 17.6 Å². The summed E-state index contributed by atoms with van der Waals surface area (Å²) in [5.74, 6) is 5.22. The van der Waals surface area contributed by atoms with E-state index >= 15 is 0 Å². The van der Waals surface area contributed by atoms with E-state index in [0.29, 0.717) is 23.7 Å². The van der Waals surface area contributed by atoms with Gasteiger partial charge in [-0.05, 0) is 91.8 Å². The molecule has 1 aromatic rings. The number of rotatable bonds is 9. The van der Waals surface area contributed by atoms with Crippen molar-refractivity contribution in [2.45, 2.75) is 130 Å². The number of imidazole rings is 1. The van der Waals surface area contributed by atoms with Crippen LogP contribution in [0.25, 0.3) is 0 Å². The zero-order valence-electron chi connectivity index (χ0n) is 25.2. The summed E-state index contributed by atoms with van der Waals surface area (Å²) in [5.41, 5.74) is 0.598. The molecule has 1 aromatic heterocycles. The third-order valence-corrected chi connectivity index (χ3v) is 13.2. The van der Waals surface area contributed by atoms with Crippen LogP contribution >= 0.6 is 0 Å². The van der Waals surface area contributed by atoms with Gasteiger partial charge in [0.1, 0.15) is 0 Å². The van der Waals surface area contributed by atoms with Crippen LogP contribution in [0.15, 0.2) is 12.5 Å². The quantitative estimate of drug-likeness (QED) is 0.301. The third kappa shape index (κ3) is 4.81. The highest BCUT2D eigenvalue weighted by Gasteiger charge is 2.67. The minimum absolute atomic E-state index is 0.0392. The second-order valence-electron chi connectivity index (χ2n) is 15.2. The average Bonchev–Trinajstić information content (AvgIpc) is 3.51. The SMILES string of the molecule is CC(C)[C@H](C)CC[C@@H](C)[C@H]1CC[C@H]2[C@@H]3C[C@@H](NCCc4cnc[nH]4)[C@@]4(O)C[C@@H](O)CC[C@]4(C)[C@H]3CC[C@]12C. The van der Waals surface area contributed by atoms with Crippen LogP contribution in [0.3, 0.4) is 0 Å². The fourth-order valence-electron chi connectivity index (χ4n) is 10.4. The number of fused-ring (bicyclic) bond motifs is 5. The highest BCUT2D eigenvalue weighted by Crippen LogP contribution is 2.69. The number of aromatic amines is 1. The van der Waals surface area contributed by atoms with Gasteiger partial charge in [-0.3, -0.25) is 0 Å². The van der Waals surface area contributed by atoms with E-state index < -0.39 is 5.60 Å². The molecule has 4 aliphatic carbocycles.